The summed E-state index contributed by atoms with van der Waals surface area (Å²) in [6.07, 6.45) is 15.0. The number of fused-ring (bicyclic) bond motifs is 5. The highest BCUT2D eigenvalue weighted by atomic mass is 16.3. The zero-order valence-corrected chi connectivity index (χ0v) is 19.5. The molecule has 32 heavy (non-hydrogen) atoms. The maximum absolute atomic E-state index is 13.2. The van der Waals surface area contributed by atoms with Crippen molar-refractivity contribution in [1.29, 1.82) is 0 Å². The van der Waals surface area contributed by atoms with Gasteiger partial charge in [-0.2, -0.15) is 0 Å². The third-order valence-corrected chi connectivity index (χ3v) is 9.88. The molecule has 1 aromatic rings. The number of carbonyl (C=O) groups excluding carboxylic acids is 1. The Balaban J connectivity index is 1.26. The van der Waals surface area contributed by atoms with E-state index in [-0.39, 0.29) is 23.7 Å². The number of aliphatic hydroxyl groups is 1. The highest BCUT2D eigenvalue weighted by Gasteiger charge is 2.58. The first-order chi connectivity index (χ1) is 15.3. The lowest BCUT2D eigenvalue weighted by molar-refractivity contribution is -0.131. The molecule has 4 aliphatic rings. The first kappa shape index (κ1) is 22.0. The molecule has 6 heteroatoms. The number of nitrogens with zero attached hydrogens (tertiary/aromatic N) is 3. The van der Waals surface area contributed by atoms with Crippen LogP contribution in [0.2, 0.25) is 0 Å². The van der Waals surface area contributed by atoms with E-state index in [0.29, 0.717) is 23.2 Å². The molecule has 0 unspecified atom stereocenters. The average Bonchev–Trinajstić information content (AvgIpc) is 3.11. The molecule has 0 radical (unpaired) electrons. The molecule has 174 valence electrons. The first-order valence-corrected chi connectivity index (χ1v) is 12.6. The zero-order chi connectivity index (χ0) is 22.5. The highest BCUT2D eigenvalue weighted by molar-refractivity contribution is 5.89. The van der Waals surface area contributed by atoms with Gasteiger partial charge in [-0.15, -0.1) is 0 Å². The third-order valence-electron chi connectivity index (χ3n) is 9.88. The van der Waals surface area contributed by atoms with E-state index in [2.05, 4.69) is 21.9 Å². The van der Waals surface area contributed by atoms with Crippen LogP contribution in [-0.4, -0.2) is 39.2 Å². The number of hydrogen-bond acceptors (Lipinski definition) is 6. The molecule has 4 fully saturated rings. The second kappa shape index (κ2) is 8.19. The molecule has 4 saturated carbocycles. The van der Waals surface area contributed by atoms with E-state index < -0.39 is 5.60 Å². The monoisotopic (exact) mass is 438 g/mol. The Hall–Kier alpha value is -1.82. The van der Waals surface area contributed by atoms with Crippen LogP contribution >= 0.6 is 0 Å². The van der Waals surface area contributed by atoms with Crippen LogP contribution in [-0.2, 0) is 4.79 Å². The highest BCUT2D eigenvalue weighted by Crippen LogP contribution is 2.64. The molecule has 8 atom stereocenters. The SMILES string of the molecule is C[C@@]1(O)CC[C@@H]2[C@H](CC[C@@H]3[C@@H]2CC[C@]2(C)[C@@H](C(=O)CN=Cc4cncnc4N)CC[C@@H]32)C1. The van der Waals surface area contributed by atoms with Crippen LogP contribution in [0.5, 0.6) is 0 Å². The van der Waals surface area contributed by atoms with Gasteiger partial charge in [-0.05, 0) is 99.7 Å². The number of ketones is 1. The lowest BCUT2D eigenvalue weighted by Gasteiger charge is -2.56. The molecule has 0 bridgehead atoms. The third kappa shape index (κ3) is 3.78. The minimum absolute atomic E-state index is 0.121. The molecular formula is C26H38N4O2. The molecule has 1 heterocycles. The minimum atomic E-state index is -0.459. The molecule has 0 spiro atoms. The summed E-state index contributed by atoms with van der Waals surface area (Å²) in [5.41, 5.74) is 6.18. The fourth-order valence-corrected chi connectivity index (χ4v) is 8.40. The van der Waals surface area contributed by atoms with E-state index in [0.717, 1.165) is 43.4 Å². The number of Topliss-reactive ketones (excluding diaryl/α,β-unsaturated/α-hetero) is 1. The summed E-state index contributed by atoms with van der Waals surface area (Å²) in [5.74, 6) is 4.52. The molecule has 0 amide bonds. The van der Waals surface area contributed by atoms with Crippen molar-refractivity contribution in [3.8, 4) is 0 Å². The van der Waals surface area contributed by atoms with E-state index in [1.807, 2.05) is 6.92 Å². The van der Waals surface area contributed by atoms with Gasteiger partial charge in [0.25, 0.3) is 0 Å². The van der Waals surface area contributed by atoms with E-state index >= 15 is 0 Å². The quantitative estimate of drug-likeness (QED) is 0.690. The Morgan fingerprint density at radius 3 is 2.78 bits per heavy atom. The number of nitrogens with two attached hydrogens (primary N) is 1. The van der Waals surface area contributed by atoms with Gasteiger partial charge >= 0.3 is 0 Å². The number of hydrogen-bond donors (Lipinski definition) is 2. The number of carbonyl (C=O) groups is 1. The minimum Gasteiger partial charge on any atom is -0.390 e. The van der Waals surface area contributed by atoms with Crippen LogP contribution in [0.15, 0.2) is 17.5 Å². The van der Waals surface area contributed by atoms with Crippen molar-refractivity contribution >= 4 is 17.8 Å². The van der Waals surface area contributed by atoms with Gasteiger partial charge < -0.3 is 10.8 Å². The molecule has 1 aromatic heterocycles. The summed E-state index contributed by atoms with van der Waals surface area (Å²) in [7, 11) is 0. The van der Waals surface area contributed by atoms with Crippen LogP contribution in [0.3, 0.4) is 0 Å². The molecule has 0 aliphatic heterocycles. The Morgan fingerprint density at radius 2 is 1.97 bits per heavy atom. The van der Waals surface area contributed by atoms with Gasteiger partial charge in [-0.25, -0.2) is 9.97 Å². The van der Waals surface area contributed by atoms with Crippen molar-refractivity contribution in [3.05, 3.63) is 18.1 Å². The van der Waals surface area contributed by atoms with Crippen molar-refractivity contribution in [2.75, 3.05) is 12.3 Å². The topological polar surface area (TPSA) is 101 Å². The fraction of sp³-hybridized carbons (Fsp3) is 0.769. The van der Waals surface area contributed by atoms with Crippen molar-refractivity contribution in [1.82, 2.24) is 9.97 Å². The van der Waals surface area contributed by atoms with Gasteiger partial charge in [0.05, 0.1) is 17.7 Å². The number of nitrogen functional groups attached to an aromatic ring is 1. The first-order valence-electron chi connectivity index (χ1n) is 12.6. The lowest BCUT2D eigenvalue weighted by Crippen LogP contribution is -2.51. The summed E-state index contributed by atoms with van der Waals surface area (Å²) in [4.78, 5) is 25.6. The molecule has 0 aromatic carbocycles. The molecular weight excluding hydrogens is 400 g/mol. The molecule has 3 N–H and O–H groups in total. The van der Waals surface area contributed by atoms with Crippen LogP contribution < -0.4 is 5.73 Å². The number of anilines is 1. The summed E-state index contributed by atoms with van der Waals surface area (Å²) < 4.78 is 0. The number of aromatic nitrogens is 2. The summed E-state index contributed by atoms with van der Waals surface area (Å²) in [6, 6.07) is 0. The normalized spacial score (nSPS) is 43.5. The van der Waals surface area contributed by atoms with Gasteiger partial charge in [0, 0.05) is 18.3 Å². The van der Waals surface area contributed by atoms with Gasteiger partial charge in [0.2, 0.25) is 0 Å². The van der Waals surface area contributed by atoms with Crippen molar-refractivity contribution in [3.63, 3.8) is 0 Å². The van der Waals surface area contributed by atoms with Crippen molar-refractivity contribution in [2.45, 2.75) is 77.2 Å². The average molecular weight is 439 g/mol. The van der Waals surface area contributed by atoms with E-state index in [9.17, 15) is 9.90 Å². The smallest absolute Gasteiger partial charge is 0.157 e. The van der Waals surface area contributed by atoms with Crippen molar-refractivity contribution < 1.29 is 9.90 Å². The predicted octanol–water partition coefficient (Wildman–Crippen LogP) is 4.07. The maximum Gasteiger partial charge on any atom is 0.157 e. The molecule has 5 rings (SSSR count). The molecule has 6 nitrogen and oxygen atoms in total. The van der Waals surface area contributed by atoms with E-state index in [1.54, 1.807) is 12.4 Å². The summed E-state index contributed by atoms with van der Waals surface area (Å²) >= 11 is 0. The Kier molecular flexibility index (Phi) is 5.63. The molecule has 4 aliphatic carbocycles. The van der Waals surface area contributed by atoms with Gasteiger partial charge in [0.1, 0.15) is 12.1 Å². The van der Waals surface area contributed by atoms with Crippen LogP contribution in [0.1, 0.15) is 77.2 Å². The second-order valence-corrected chi connectivity index (χ2v) is 11.6. The maximum atomic E-state index is 13.2. The zero-order valence-electron chi connectivity index (χ0n) is 19.5. The van der Waals surface area contributed by atoms with Crippen molar-refractivity contribution in [2.24, 2.45) is 45.9 Å². The van der Waals surface area contributed by atoms with Crippen LogP contribution in [0, 0.1) is 40.9 Å². The predicted molar refractivity (Wildman–Crippen MR) is 125 cm³/mol. The van der Waals surface area contributed by atoms with Crippen LogP contribution in [0.25, 0.3) is 0 Å². The largest absolute Gasteiger partial charge is 0.390 e. The standard InChI is InChI=1S/C26H38N4O2/c1-25(32)9-7-18-16(11-25)3-4-20-19(18)8-10-26(2)21(20)5-6-22(26)23(31)14-28-12-17-13-29-15-30-24(17)27/h12-13,15-16,18-22,32H,3-11,14H2,1-2H3,(H2,27,29,30)/t16-,18-,19-,20-,21+,22-,25-,26+/m1/s1. The van der Waals surface area contributed by atoms with Gasteiger partial charge in [-0.1, -0.05) is 6.92 Å². The van der Waals surface area contributed by atoms with E-state index in [1.165, 1.54) is 38.4 Å². The Labute approximate surface area is 191 Å². The number of rotatable bonds is 4. The number of aliphatic imine (C=N–C) groups is 1. The second-order valence-electron chi connectivity index (χ2n) is 11.6. The summed E-state index contributed by atoms with van der Waals surface area (Å²) in [5, 5.41) is 10.6. The lowest BCUT2D eigenvalue weighted by atomic mass is 9.49. The Bertz CT molecular complexity index is 900. The van der Waals surface area contributed by atoms with Gasteiger partial charge in [-0.3, -0.25) is 9.79 Å². The molecule has 0 saturated heterocycles. The van der Waals surface area contributed by atoms with Gasteiger partial charge in [0.15, 0.2) is 5.78 Å². The Morgan fingerprint density at radius 1 is 1.16 bits per heavy atom. The fourth-order valence-electron chi connectivity index (χ4n) is 8.40. The van der Waals surface area contributed by atoms with Crippen LogP contribution in [0.4, 0.5) is 5.82 Å². The summed E-state index contributed by atoms with van der Waals surface area (Å²) in [6.45, 7) is 4.64. The van der Waals surface area contributed by atoms with E-state index in [4.69, 9.17) is 5.73 Å².